The van der Waals surface area contributed by atoms with Gasteiger partial charge in [0.25, 0.3) is 0 Å². The molecule has 0 aromatic heterocycles. The molecule has 1 aliphatic rings. The molecule has 1 fully saturated rings. The van der Waals surface area contributed by atoms with Crippen LogP contribution in [0.25, 0.3) is 0 Å². The Labute approximate surface area is 118 Å². The highest BCUT2D eigenvalue weighted by Gasteiger charge is 2.23. The van der Waals surface area contributed by atoms with Crippen LogP contribution in [0.5, 0.6) is 5.75 Å². The molecule has 1 aromatic rings. The maximum absolute atomic E-state index is 11.6. The van der Waals surface area contributed by atoms with Crippen molar-refractivity contribution in [3.63, 3.8) is 0 Å². The highest BCUT2D eigenvalue weighted by Crippen LogP contribution is 2.18. The van der Waals surface area contributed by atoms with E-state index in [0.29, 0.717) is 12.6 Å². The summed E-state index contributed by atoms with van der Waals surface area (Å²) in [6.45, 7) is 0.530. The molecule has 0 atom stereocenters. The molecule has 5 heteroatoms. The van der Waals surface area contributed by atoms with Crippen molar-refractivity contribution in [2.75, 3.05) is 13.7 Å². The largest absolute Gasteiger partial charge is 0.497 e. The molecular weight excluding hydrogens is 256 g/mol. The molecule has 0 unspecified atom stereocenters. The van der Waals surface area contributed by atoms with Gasteiger partial charge in [-0.3, -0.25) is 9.59 Å². The van der Waals surface area contributed by atoms with Crippen LogP contribution in [0.1, 0.15) is 24.8 Å². The van der Waals surface area contributed by atoms with Gasteiger partial charge in [-0.2, -0.15) is 0 Å². The number of benzene rings is 1. The summed E-state index contributed by atoms with van der Waals surface area (Å²) < 4.78 is 5.08. The Morgan fingerprint density at radius 2 is 1.90 bits per heavy atom. The van der Waals surface area contributed by atoms with Crippen molar-refractivity contribution in [1.82, 2.24) is 10.6 Å². The third-order valence-electron chi connectivity index (χ3n) is 3.16. The first-order chi connectivity index (χ1) is 9.67. The van der Waals surface area contributed by atoms with Gasteiger partial charge in [-0.05, 0) is 37.0 Å². The van der Waals surface area contributed by atoms with Crippen LogP contribution in [0.4, 0.5) is 0 Å². The maximum Gasteiger partial charge on any atom is 0.229 e. The van der Waals surface area contributed by atoms with Gasteiger partial charge in [-0.1, -0.05) is 12.1 Å². The average molecular weight is 276 g/mol. The molecule has 1 aromatic carbocycles. The van der Waals surface area contributed by atoms with Gasteiger partial charge in [0.1, 0.15) is 12.2 Å². The number of ether oxygens (including phenoxy) is 1. The molecular formula is C15H20N2O3. The third kappa shape index (κ3) is 4.91. The first-order valence-corrected chi connectivity index (χ1v) is 6.86. The van der Waals surface area contributed by atoms with Gasteiger partial charge < -0.3 is 15.4 Å². The maximum atomic E-state index is 11.6. The Balaban J connectivity index is 1.63. The molecule has 0 spiro atoms. The van der Waals surface area contributed by atoms with Gasteiger partial charge in [0.15, 0.2) is 0 Å². The van der Waals surface area contributed by atoms with Gasteiger partial charge in [0, 0.05) is 12.6 Å². The number of amides is 2. The lowest BCUT2D eigenvalue weighted by molar-refractivity contribution is -0.129. The lowest BCUT2D eigenvalue weighted by Gasteiger charge is -2.06. The van der Waals surface area contributed by atoms with E-state index in [2.05, 4.69) is 10.6 Å². The molecule has 1 aliphatic carbocycles. The first-order valence-electron chi connectivity index (χ1n) is 6.86. The number of carbonyl (C=O) groups excluding carboxylic acids is 2. The number of rotatable bonds is 7. The SMILES string of the molecule is COc1ccc(CCNC(=O)CC(=O)NC2CC2)cc1. The van der Waals surface area contributed by atoms with E-state index >= 15 is 0 Å². The van der Waals surface area contributed by atoms with E-state index in [9.17, 15) is 9.59 Å². The normalized spacial score (nSPS) is 13.7. The van der Waals surface area contributed by atoms with Crippen LogP contribution < -0.4 is 15.4 Å². The quantitative estimate of drug-likeness (QED) is 0.731. The number of hydrogen-bond donors (Lipinski definition) is 2. The summed E-state index contributed by atoms with van der Waals surface area (Å²) in [5.74, 6) is 0.403. The molecule has 0 aliphatic heterocycles. The van der Waals surface area contributed by atoms with Gasteiger partial charge in [-0.25, -0.2) is 0 Å². The van der Waals surface area contributed by atoms with Crippen LogP contribution >= 0.6 is 0 Å². The van der Waals surface area contributed by atoms with E-state index in [4.69, 9.17) is 4.74 Å². The summed E-state index contributed by atoms with van der Waals surface area (Å²) in [7, 11) is 1.63. The molecule has 2 rings (SSSR count). The Kier molecular flexibility index (Phi) is 4.98. The smallest absolute Gasteiger partial charge is 0.229 e. The summed E-state index contributed by atoms with van der Waals surface area (Å²) in [6.07, 6.45) is 2.72. The van der Waals surface area contributed by atoms with E-state index in [-0.39, 0.29) is 18.2 Å². The zero-order chi connectivity index (χ0) is 14.4. The predicted octanol–water partition coefficient (Wildman–Crippen LogP) is 1.02. The topological polar surface area (TPSA) is 67.4 Å². The number of hydrogen-bond acceptors (Lipinski definition) is 3. The lowest BCUT2D eigenvalue weighted by atomic mass is 10.1. The van der Waals surface area contributed by atoms with E-state index < -0.39 is 0 Å². The summed E-state index contributed by atoms with van der Waals surface area (Å²) in [4.78, 5) is 23.0. The molecule has 2 N–H and O–H groups in total. The molecule has 20 heavy (non-hydrogen) atoms. The second kappa shape index (κ2) is 6.93. The van der Waals surface area contributed by atoms with Crippen LogP contribution in [-0.4, -0.2) is 31.5 Å². The van der Waals surface area contributed by atoms with Crippen LogP contribution in [0, 0.1) is 0 Å². The summed E-state index contributed by atoms with van der Waals surface area (Å²) in [6, 6.07) is 8.00. The van der Waals surface area contributed by atoms with Crippen LogP contribution in [-0.2, 0) is 16.0 Å². The zero-order valence-electron chi connectivity index (χ0n) is 11.6. The number of carbonyl (C=O) groups is 2. The molecule has 0 heterocycles. The second-order valence-corrected chi connectivity index (χ2v) is 4.97. The minimum Gasteiger partial charge on any atom is -0.497 e. The molecule has 5 nitrogen and oxygen atoms in total. The summed E-state index contributed by atoms with van der Waals surface area (Å²) in [5, 5.41) is 5.55. The second-order valence-electron chi connectivity index (χ2n) is 4.97. The van der Waals surface area contributed by atoms with Gasteiger partial charge in [-0.15, -0.1) is 0 Å². The monoisotopic (exact) mass is 276 g/mol. The lowest BCUT2D eigenvalue weighted by Crippen LogP contribution is -2.33. The van der Waals surface area contributed by atoms with Crippen molar-refractivity contribution < 1.29 is 14.3 Å². The number of methoxy groups -OCH3 is 1. The van der Waals surface area contributed by atoms with Crippen LogP contribution in [0.15, 0.2) is 24.3 Å². The van der Waals surface area contributed by atoms with E-state index in [0.717, 1.165) is 30.6 Å². The van der Waals surface area contributed by atoms with Crippen molar-refractivity contribution in [3.05, 3.63) is 29.8 Å². The van der Waals surface area contributed by atoms with Gasteiger partial charge >= 0.3 is 0 Å². The van der Waals surface area contributed by atoms with Crippen LogP contribution in [0.3, 0.4) is 0 Å². The minimum absolute atomic E-state index is 0.0842. The third-order valence-corrected chi connectivity index (χ3v) is 3.16. The summed E-state index contributed by atoms with van der Waals surface area (Å²) >= 11 is 0. The molecule has 0 radical (unpaired) electrons. The number of nitrogens with one attached hydrogen (secondary N) is 2. The molecule has 2 amide bonds. The fourth-order valence-corrected chi connectivity index (χ4v) is 1.85. The van der Waals surface area contributed by atoms with Crippen molar-refractivity contribution >= 4 is 11.8 Å². The highest BCUT2D eigenvalue weighted by molar-refractivity contribution is 5.97. The molecule has 1 saturated carbocycles. The van der Waals surface area contributed by atoms with Gasteiger partial charge in [0.05, 0.1) is 7.11 Å². The van der Waals surface area contributed by atoms with E-state index in [1.165, 1.54) is 0 Å². The molecule has 108 valence electrons. The standard InChI is InChI=1S/C15H20N2O3/c1-20-13-6-2-11(3-7-13)8-9-16-14(18)10-15(19)17-12-4-5-12/h2-3,6-7,12H,4-5,8-10H2,1H3,(H,16,18)(H,17,19). The predicted molar refractivity (Wildman–Crippen MR) is 75.5 cm³/mol. The Morgan fingerprint density at radius 1 is 1.20 bits per heavy atom. The summed E-state index contributed by atoms with van der Waals surface area (Å²) in [5.41, 5.74) is 1.12. The minimum atomic E-state index is -0.225. The van der Waals surface area contributed by atoms with Gasteiger partial charge in [0.2, 0.25) is 11.8 Å². The fraction of sp³-hybridized carbons (Fsp3) is 0.467. The fourth-order valence-electron chi connectivity index (χ4n) is 1.85. The Morgan fingerprint density at radius 3 is 2.50 bits per heavy atom. The zero-order valence-corrected chi connectivity index (χ0v) is 11.6. The Bertz CT molecular complexity index is 467. The van der Waals surface area contributed by atoms with Crippen molar-refractivity contribution in [1.29, 1.82) is 0 Å². The van der Waals surface area contributed by atoms with E-state index in [1.54, 1.807) is 7.11 Å². The molecule has 0 saturated heterocycles. The highest BCUT2D eigenvalue weighted by atomic mass is 16.5. The molecule has 0 bridgehead atoms. The van der Waals surface area contributed by atoms with Crippen LogP contribution in [0.2, 0.25) is 0 Å². The first kappa shape index (κ1) is 14.4. The van der Waals surface area contributed by atoms with Crippen molar-refractivity contribution in [2.24, 2.45) is 0 Å². The van der Waals surface area contributed by atoms with E-state index in [1.807, 2.05) is 24.3 Å². The Hall–Kier alpha value is -2.04. The van der Waals surface area contributed by atoms with Crippen molar-refractivity contribution in [3.8, 4) is 5.75 Å². The average Bonchev–Trinajstić information content (AvgIpc) is 3.23. The van der Waals surface area contributed by atoms with Crippen molar-refractivity contribution in [2.45, 2.75) is 31.7 Å².